The number of halogens is 2. The molecule has 3 rings (SSSR count). The van der Waals surface area contributed by atoms with E-state index in [0.717, 1.165) is 6.08 Å². The number of Topliss-reactive ketones (excluding diaryl/α,β-unsaturated/α-hetero) is 1. The molecule has 2 saturated heterocycles. The highest BCUT2D eigenvalue weighted by molar-refractivity contribution is 6.25. The Morgan fingerprint density at radius 1 is 1.31 bits per heavy atom. The van der Waals surface area contributed by atoms with Crippen LogP contribution in [-0.2, 0) is 19.1 Å². The number of amides is 1. The summed E-state index contributed by atoms with van der Waals surface area (Å²) >= 11 is 6.45. The summed E-state index contributed by atoms with van der Waals surface area (Å²) in [4.78, 5) is 29.9. The molecular weight excluding hydrogens is 483 g/mol. The minimum Gasteiger partial charge on any atom is -0.449 e. The maximum absolute atomic E-state index is 15.2. The lowest BCUT2D eigenvalue weighted by Crippen LogP contribution is -2.47. The molecule has 0 aliphatic carbocycles. The molecule has 0 saturated carbocycles. The highest BCUT2D eigenvalue weighted by Gasteiger charge is 2.56. The summed E-state index contributed by atoms with van der Waals surface area (Å²) in [5.74, 6) is -2.62. The topological polar surface area (TPSA) is 134 Å². The van der Waals surface area contributed by atoms with Gasteiger partial charge in [0, 0.05) is 31.3 Å². The van der Waals surface area contributed by atoms with Gasteiger partial charge in [-0.1, -0.05) is 39.3 Å². The van der Waals surface area contributed by atoms with E-state index in [9.17, 15) is 19.8 Å². The lowest BCUT2D eigenvalue weighted by atomic mass is 9.73. The Hall–Kier alpha value is -1.85. The molecule has 11 heteroatoms. The number of ketones is 1. The van der Waals surface area contributed by atoms with E-state index in [0.29, 0.717) is 5.89 Å². The Morgan fingerprint density at radius 2 is 2.00 bits per heavy atom. The molecule has 1 amide bonds. The normalized spacial score (nSPS) is 37.5. The molecule has 7 atom stereocenters. The SMILES string of the molecule is Cc1nc(/C=C(\F)[C@@H]2CC3OC3(Cl)COC[C@H](C)[C@H](O)[C@@H](C)C(=O)C(C)(C)[C@@H](O)CC(=O)N2)co1. The molecular formula is C24H34ClFN2O7. The number of aliphatic hydroxyl groups is 2. The monoisotopic (exact) mass is 516 g/mol. The molecule has 3 N–H and O–H groups in total. The highest BCUT2D eigenvalue weighted by atomic mass is 35.5. The van der Waals surface area contributed by atoms with Gasteiger partial charge in [0.15, 0.2) is 11.0 Å². The summed E-state index contributed by atoms with van der Waals surface area (Å²) in [6.45, 7) is 8.07. The first-order valence-electron chi connectivity index (χ1n) is 11.7. The van der Waals surface area contributed by atoms with Gasteiger partial charge in [0.1, 0.15) is 29.7 Å². The largest absolute Gasteiger partial charge is 0.449 e. The number of aryl methyl sites for hydroxylation is 1. The summed E-state index contributed by atoms with van der Waals surface area (Å²) in [5, 5.41) is 22.8. The number of nitrogens with one attached hydrogen (secondary N) is 1. The Kier molecular flexibility index (Phi) is 8.43. The predicted molar refractivity (Wildman–Crippen MR) is 125 cm³/mol. The van der Waals surface area contributed by atoms with Gasteiger partial charge in [-0.2, -0.15) is 0 Å². The molecule has 0 aromatic carbocycles. The van der Waals surface area contributed by atoms with E-state index in [1.165, 1.54) is 20.1 Å². The third kappa shape index (κ3) is 6.48. The number of aliphatic hydroxyl groups excluding tert-OH is 2. The third-order valence-corrected chi connectivity index (χ3v) is 7.28. The van der Waals surface area contributed by atoms with Crippen molar-refractivity contribution < 1.29 is 38.1 Å². The fraction of sp³-hybridized carbons (Fsp3) is 0.708. The number of carbonyl (C=O) groups excluding carboxylic acids is 2. The molecule has 3 heterocycles. The Morgan fingerprint density at radius 3 is 2.63 bits per heavy atom. The van der Waals surface area contributed by atoms with Crippen LogP contribution in [0.1, 0.15) is 52.1 Å². The Bertz CT molecular complexity index is 967. The Labute approximate surface area is 209 Å². The number of nitrogens with zero attached hydrogens (tertiary/aromatic N) is 1. The van der Waals surface area contributed by atoms with Crippen LogP contribution < -0.4 is 5.32 Å². The van der Waals surface area contributed by atoms with Gasteiger partial charge in [0.2, 0.25) is 5.91 Å². The molecule has 1 aromatic rings. The van der Waals surface area contributed by atoms with Crippen LogP contribution >= 0.6 is 11.6 Å². The van der Waals surface area contributed by atoms with E-state index in [-0.39, 0.29) is 25.3 Å². The first kappa shape index (κ1) is 27.7. The van der Waals surface area contributed by atoms with Crippen molar-refractivity contribution in [2.24, 2.45) is 17.3 Å². The van der Waals surface area contributed by atoms with Crippen molar-refractivity contribution in [1.29, 1.82) is 0 Å². The number of hydrogen-bond donors (Lipinski definition) is 3. The zero-order valence-corrected chi connectivity index (χ0v) is 21.3. The average Bonchev–Trinajstić information content (AvgIpc) is 3.22. The molecule has 1 aromatic heterocycles. The predicted octanol–water partition coefficient (Wildman–Crippen LogP) is 2.51. The first-order valence-corrected chi connectivity index (χ1v) is 12.1. The summed E-state index contributed by atoms with van der Waals surface area (Å²) < 4.78 is 31.5. The van der Waals surface area contributed by atoms with Crippen LogP contribution in [0.5, 0.6) is 0 Å². The van der Waals surface area contributed by atoms with Gasteiger partial charge in [-0.05, 0) is 0 Å². The molecule has 0 bridgehead atoms. The van der Waals surface area contributed by atoms with E-state index in [1.54, 1.807) is 20.8 Å². The lowest BCUT2D eigenvalue weighted by Gasteiger charge is -2.34. The molecule has 0 spiro atoms. The standard InChI is InChI=1S/C24H34ClFN2O7/c1-12-9-33-11-24(25)19(35-24)7-17(16(26)6-15-10-34-14(3)27-15)28-20(30)8-18(29)23(4,5)22(32)13(2)21(12)31/h6,10,12-13,17-19,21,29,31H,7-9,11H2,1-5H3,(H,28,30)/b16-6-/t12-,13+,17-,18-,19?,21-,24?/m0/s1. The zero-order valence-electron chi connectivity index (χ0n) is 20.6. The number of ether oxygens (including phenoxy) is 2. The van der Waals surface area contributed by atoms with Crippen molar-refractivity contribution in [3.8, 4) is 0 Å². The van der Waals surface area contributed by atoms with E-state index in [1.807, 2.05) is 0 Å². The molecule has 9 nitrogen and oxygen atoms in total. The van der Waals surface area contributed by atoms with Crippen LogP contribution in [0.15, 0.2) is 16.5 Å². The maximum atomic E-state index is 15.2. The van der Waals surface area contributed by atoms with Crippen molar-refractivity contribution in [2.75, 3.05) is 13.2 Å². The van der Waals surface area contributed by atoms with Gasteiger partial charge in [-0.3, -0.25) is 9.59 Å². The van der Waals surface area contributed by atoms with Crippen molar-refractivity contribution >= 4 is 29.4 Å². The number of fused-ring (bicyclic) bond motifs is 1. The first-order chi connectivity index (χ1) is 16.2. The smallest absolute Gasteiger partial charge is 0.223 e. The number of epoxide rings is 1. The quantitative estimate of drug-likeness (QED) is 0.403. The van der Waals surface area contributed by atoms with Crippen LogP contribution in [-0.4, -0.2) is 69.5 Å². The Balaban J connectivity index is 1.85. The van der Waals surface area contributed by atoms with Crippen molar-refractivity contribution in [1.82, 2.24) is 10.3 Å². The summed E-state index contributed by atoms with van der Waals surface area (Å²) in [7, 11) is 0. The number of oxazole rings is 1. The van der Waals surface area contributed by atoms with E-state index in [2.05, 4.69) is 10.3 Å². The van der Waals surface area contributed by atoms with Crippen LogP contribution in [0.2, 0.25) is 0 Å². The molecule has 2 unspecified atom stereocenters. The highest BCUT2D eigenvalue weighted by Crippen LogP contribution is 2.44. The average molecular weight is 517 g/mol. The molecule has 35 heavy (non-hydrogen) atoms. The summed E-state index contributed by atoms with van der Waals surface area (Å²) in [5.41, 5.74) is -1.09. The van der Waals surface area contributed by atoms with E-state index < -0.39 is 70.6 Å². The van der Waals surface area contributed by atoms with Gasteiger partial charge in [0.25, 0.3) is 0 Å². The lowest BCUT2D eigenvalue weighted by molar-refractivity contribution is -0.143. The van der Waals surface area contributed by atoms with Gasteiger partial charge in [-0.15, -0.1) is 0 Å². The summed E-state index contributed by atoms with van der Waals surface area (Å²) in [6, 6.07) is -1.12. The minimum absolute atomic E-state index is 0.00536. The molecule has 0 radical (unpaired) electrons. The van der Waals surface area contributed by atoms with Crippen LogP contribution in [0, 0.1) is 24.2 Å². The van der Waals surface area contributed by atoms with Crippen LogP contribution in [0.4, 0.5) is 4.39 Å². The zero-order chi connectivity index (χ0) is 26.1. The second-order valence-electron chi connectivity index (χ2n) is 10.1. The number of aromatic nitrogens is 1. The van der Waals surface area contributed by atoms with Crippen LogP contribution in [0.25, 0.3) is 6.08 Å². The van der Waals surface area contributed by atoms with E-state index in [4.69, 9.17) is 25.5 Å². The third-order valence-electron chi connectivity index (χ3n) is 6.84. The molecule has 2 fully saturated rings. The van der Waals surface area contributed by atoms with Gasteiger partial charge in [0.05, 0.1) is 43.3 Å². The number of carbonyl (C=O) groups is 2. The van der Waals surface area contributed by atoms with Crippen molar-refractivity contribution in [3.63, 3.8) is 0 Å². The van der Waals surface area contributed by atoms with Crippen molar-refractivity contribution in [2.45, 2.75) is 76.9 Å². The second-order valence-corrected chi connectivity index (χ2v) is 10.8. The number of alkyl halides is 1. The molecule has 196 valence electrons. The van der Waals surface area contributed by atoms with Gasteiger partial charge in [-0.25, -0.2) is 9.37 Å². The molecule has 2 aliphatic heterocycles. The second kappa shape index (κ2) is 10.6. The van der Waals surface area contributed by atoms with Crippen LogP contribution in [0.3, 0.4) is 0 Å². The van der Waals surface area contributed by atoms with E-state index >= 15 is 4.39 Å². The number of rotatable bonds is 2. The fourth-order valence-corrected chi connectivity index (χ4v) is 4.54. The van der Waals surface area contributed by atoms with Gasteiger partial charge >= 0.3 is 0 Å². The summed E-state index contributed by atoms with van der Waals surface area (Å²) in [6.07, 6.45) is -1.00. The minimum atomic E-state index is -1.36. The molecule has 2 aliphatic rings. The van der Waals surface area contributed by atoms with Gasteiger partial charge < -0.3 is 29.4 Å². The van der Waals surface area contributed by atoms with Crippen molar-refractivity contribution in [3.05, 3.63) is 23.7 Å². The fourth-order valence-electron chi connectivity index (χ4n) is 4.26. The maximum Gasteiger partial charge on any atom is 0.223 e. The number of hydrogen-bond acceptors (Lipinski definition) is 8.